The number of benzene rings is 2. The summed E-state index contributed by atoms with van der Waals surface area (Å²) in [4.78, 5) is 19.1. The van der Waals surface area contributed by atoms with Crippen molar-refractivity contribution in [2.24, 2.45) is 0 Å². The van der Waals surface area contributed by atoms with Crippen LogP contribution in [-0.4, -0.2) is 53.3 Å². The van der Waals surface area contributed by atoms with Crippen LogP contribution in [0.2, 0.25) is 0 Å². The van der Waals surface area contributed by atoms with E-state index in [1.165, 1.54) is 0 Å². The number of aliphatic hydroxyl groups is 1. The van der Waals surface area contributed by atoms with Crippen LogP contribution in [-0.2, 0) is 4.74 Å². The van der Waals surface area contributed by atoms with Crippen molar-refractivity contribution >= 4 is 16.8 Å². The lowest BCUT2D eigenvalue weighted by atomic mass is 9.98. The number of aliphatic hydroxyl groups excluding tert-OH is 1. The number of aryl methyl sites for hydroxylation is 1. The Morgan fingerprint density at radius 1 is 1.15 bits per heavy atom. The summed E-state index contributed by atoms with van der Waals surface area (Å²) in [6.45, 7) is 2.60. The minimum atomic E-state index is -0.645. The molecule has 1 aliphatic rings. The zero-order valence-electron chi connectivity index (χ0n) is 15.4. The third-order valence-electron chi connectivity index (χ3n) is 5.10. The van der Waals surface area contributed by atoms with E-state index in [2.05, 4.69) is 4.98 Å². The van der Waals surface area contributed by atoms with Gasteiger partial charge in [-0.3, -0.25) is 9.78 Å². The van der Waals surface area contributed by atoms with Crippen molar-refractivity contribution < 1.29 is 14.6 Å². The van der Waals surface area contributed by atoms with Gasteiger partial charge in [-0.25, -0.2) is 0 Å². The Kier molecular flexibility index (Phi) is 4.64. The number of para-hydroxylation sites is 1. The minimum absolute atomic E-state index is 0.124. The maximum Gasteiger partial charge on any atom is 0.254 e. The van der Waals surface area contributed by atoms with E-state index in [4.69, 9.17) is 4.74 Å². The number of nitrogens with zero attached hydrogens (tertiary/aromatic N) is 2. The Balaban J connectivity index is 1.72. The summed E-state index contributed by atoms with van der Waals surface area (Å²) in [5.41, 5.74) is 4.49. The largest absolute Gasteiger partial charge is 0.388 e. The highest BCUT2D eigenvalue weighted by atomic mass is 16.5. The third-order valence-corrected chi connectivity index (χ3v) is 5.10. The summed E-state index contributed by atoms with van der Waals surface area (Å²) in [7, 11) is 1.71. The van der Waals surface area contributed by atoms with E-state index in [1.54, 1.807) is 18.0 Å². The first-order valence-electron chi connectivity index (χ1n) is 9.04. The second-order valence-corrected chi connectivity index (χ2v) is 7.00. The summed E-state index contributed by atoms with van der Waals surface area (Å²) in [5, 5.41) is 11.1. The predicted molar refractivity (Wildman–Crippen MR) is 105 cm³/mol. The number of rotatable bonds is 3. The van der Waals surface area contributed by atoms with Crippen LogP contribution >= 0.6 is 0 Å². The van der Waals surface area contributed by atoms with Crippen molar-refractivity contribution in [3.63, 3.8) is 0 Å². The predicted octanol–water partition coefficient (Wildman–Crippen LogP) is 3.04. The maximum atomic E-state index is 12.9. The van der Waals surface area contributed by atoms with E-state index in [0.717, 1.165) is 27.7 Å². The zero-order chi connectivity index (χ0) is 19.0. The van der Waals surface area contributed by atoms with Crippen molar-refractivity contribution in [2.45, 2.75) is 19.1 Å². The number of ether oxygens (including phenoxy) is 1. The van der Waals surface area contributed by atoms with Gasteiger partial charge in [-0.2, -0.15) is 0 Å². The van der Waals surface area contributed by atoms with Gasteiger partial charge in [0.2, 0.25) is 0 Å². The number of aromatic nitrogens is 1. The fraction of sp³-hybridized carbons (Fsp3) is 0.273. The third kappa shape index (κ3) is 3.31. The van der Waals surface area contributed by atoms with Crippen LogP contribution in [0.25, 0.3) is 22.0 Å². The van der Waals surface area contributed by atoms with E-state index in [-0.39, 0.29) is 18.6 Å². The molecule has 5 nitrogen and oxygen atoms in total. The number of pyridine rings is 1. The topological polar surface area (TPSA) is 62.7 Å². The van der Waals surface area contributed by atoms with Crippen LogP contribution in [0.4, 0.5) is 0 Å². The van der Waals surface area contributed by atoms with E-state index in [9.17, 15) is 9.90 Å². The number of carbonyl (C=O) groups is 1. The Morgan fingerprint density at radius 2 is 1.96 bits per heavy atom. The van der Waals surface area contributed by atoms with Crippen LogP contribution in [0.5, 0.6) is 0 Å². The molecule has 138 valence electrons. The quantitative estimate of drug-likeness (QED) is 0.778. The van der Waals surface area contributed by atoms with Gasteiger partial charge in [0.25, 0.3) is 5.91 Å². The molecular formula is C22H22N2O3. The molecule has 27 heavy (non-hydrogen) atoms. The molecule has 1 N–H and O–H groups in total. The molecule has 1 fully saturated rings. The Bertz CT molecular complexity index is 1000. The van der Waals surface area contributed by atoms with Gasteiger partial charge in [0.1, 0.15) is 0 Å². The molecule has 0 bridgehead atoms. The van der Waals surface area contributed by atoms with E-state index in [1.807, 2.05) is 55.5 Å². The SMILES string of the molecule is Cc1cc(-c2cccc(C(=O)N(C)[C@H]3COC[C@@H]3O)c2)c2ccccc2n1. The van der Waals surface area contributed by atoms with Crippen LogP contribution in [0, 0.1) is 6.92 Å². The summed E-state index contributed by atoms with van der Waals surface area (Å²) in [5.74, 6) is -0.124. The van der Waals surface area contributed by atoms with Gasteiger partial charge < -0.3 is 14.7 Å². The van der Waals surface area contributed by atoms with Gasteiger partial charge in [0.05, 0.1) is 30.9 Å². The van der Waals surface area contributed by atoms with Gasteiger partial charge in [-0.15, -0.1) is 0 Å². The molecule has 1 amide bonds. The second kappa shape index (κ2) is 7.10. The molecule has 1 saturated heterocycles. The molecule has 2 heterocycles. The molecule has 1 aromatic heterocycles. The van der Waals surface area contributed by atoms with Crippen LogP contribution in [0.3, 0.4) is 0 Å². The van der Waals surface area contributed by atoms with Crippen LogP contribution in [0.15, 0.2) is 54.6 Å². The molecule has 0 radical (unpaired) electrons. The lowest BCUT2D eigenvalue weighted by molar-refractivity contribution is 0.0581. The number of hydrogen-bond donors (Lipinski definition) is 1. The van der Waals surface area contributed by atoms with E-state index >= 15 is 0 Å². The highest BCUT2D eigenvalue weighted by Crippen LogP contribution is 2.29. The average molecular weight is 362 g/mol. The number of fused-ring (bicyclic) bond motifs is 1. The van der Waals surface area contributed by atoms with Crippen molar-refractivity contribution in [3.05, 3.63) is 65.9 Å². The molecule has 0 unspecified atom stereocenters. The summed E-state index contributed by atoms with van der Waals surface area (Å²) >= 11 is 0. The molecule has 0 spiro atoms. The first kappa shape index (κ1) is 17.6. The van der Waals surface area contributed by atoms with Gasteiger partial charge in [0.15, 0.2) is 0 Å². The molecular weight excluding hydrogens is 340 g/mol. The fourth-order valence-corrected chi connectivity index (χ4v) is 3.62. The number of likely N-dealkylation sites (N-methyl/N-ethyl adjacent to an activating group) is 1. The number of carbonyl (C=O) groups excluding carboxylic acids is 1. The molecule has 0 aliphatic carbocycles. The fourth-order valence-electron chi connectivity index (χ4n) is 3.62. The van der Waals surface area contributed by atoms with Gasteiger partial charge in [0, 0.05) is 23.7 Å². The minimum Gasteiger partial charge on any atom is -0.388 e. The first-order chi connectivity index (χ1) is 13.0. The summed E-state index contributed by atoms with van der Waals surface area (Å²) in [6.07, 6.45) is -0.645. The lowest BCUT2D eigenvalue weighted by Gasteiger charge is -2.26. The smallest absolute Gasteiger partial charge is 0.254 e. The molecule has 0 saturated carbocycles. The first-order valence-corrected chi connectivity index (χ1v) is 9.04. The van der Waals surface area contributed by atoms with E-state index in [0.29, 0.717) is 12.2 Å². The van der Waals surface area contributed by atoms with Crippen molar-refractivity contribution in [2.75, 3.05) is 20.3 Å². The summed E-state index contributed by atoms with van der Waals surface area (Å²) in [6, 6.07) is 17.3. The highest BCUT2D eigenvalue weighted by molar-refractivity contribution is 5.99. The Morgan fingerprint density at radius 3 is 2.74 bits per heavy atom. The molecule has 2 aromatic carbocycles. The molecule has 4 rings (SSSR count). The van der Waals surface area contributed by atoms with Crippen molar-refractivity contribution in [1.29, 1.82) is 0 Å². The van der Waals surface area contributed by atoms with Crippen LogP contribution in [0.1, 0.15) is 16.1 Å². The second-order valence-electron chi connectivity index (χ2n) is 7.00. The standard InChI is InChI=1S/C22H22N2O3/c1-14-10-18(17-8-3-4-9-19(17)23-14)15-6-5-7-16(11-15)22(26)24(2)20-12-27-13-21(20)25/h3-11,20-21,25H,12-13H2,1-2H3/t20-,21-/m0/s1. The molecule has 1 aliphatic heterocycles. The highest BCUT2D eigenvalue weighted by Gasteiger charge is 2.32. The molecule has 3 aromatic rings. The maximum absolute atomic E-state index is 12.9. The Hall–Kier alpha value is -2.76. The van der Waals surface area contributed by atoms with Crippen molar-refractivity contribution in [3.8, 4) is 11.1 Å². The average Bonchev–Trinajstić information content (AvgIpc) is 3.12. The number of amides is 1. The Labute approximate surface area is 158 Å². The zero-order valence-corrected chi connectivity index (χ0v) is 15.4. The van der Waals surface area contributed by atoms with Gasteiger partial charge in [-0.05, 0) is 42.3 Å². The normalized spacial score (nSPS) is 19.4. The molecule has 2 atom stereocenters. The van der Waals surface area contributed by atoms with E-state index < -0.39 is 6.10 Å². The van der Waals surface area contributed by atoms with Crippen molar-refractivity contribution in [1.82, 2.24) is 9.88 Å². The van der Waals surface area contributed by atoms with Gasteiger partial charge >= 0.3 is 0 Å². The number of hydrogen-bond acceptors (Lipinski definition) is 4. The lowest BCUT2D eigenvalue weighted by Crippen LogP contribution is -2.44. The van der Waals surface area contributed by atoms with Crippen LogP contribution < -0.4 is 0 Å². The molecule has 5 heteroatoms. The monoisotopic (exact) mass is 362 g/mol. The summed E-state index contributed by atoms with van der Waals surface area (Å²) < 4.78 is 5.28. The van der Waals surface area contributed by atoms with Gasteiger partial charge in [-0.1, -0.05) is 30.3 Å².